The molecule has 118 valence electrons. The van der Waals surface area contributed by atoms with E-state index in [1.165, 1.54) is 12.1 Å². The van der Waals surface area contributed by atoms with E-state index in [1.54, 1.807) is 6.07 Å². The Balaban J connectivity index is 1.92. The van der Waals surface area contributed by atoms with Gasteiger partial charge in [-0.2, -0.15) is 0 Å². The summed E-state index contributed by atoms with van der Waals surface area (Å²) in [5, 5.41) is 9.22. The highest BCUT2D eigenvalue weighted by Gasteiger charge is 2.13. The monoisotopic (exact) mass is 358 g/mol. The maximum absolute atomic E-state index is 11.4. The summed E-state index contributed by atoms with van der Waals surface area (Å²) in [6.45, 7) is 1.27. The highest BCUT2D eigenvalue weighted by Crippen LogP contribution is 2.21. The third kappa shape index (κ3) is 4.97. The minimum absolute atomic E-state index is 0.0525. The third-order valence-electron chi connectivity index (χ3n) is 3.11. The van der Waals surface area contributed by atoms with E-state index >= 15 is 0 Å². The van der Waals surface area contributed by atoms with Gasteiger partial charge in [-0.25, -0.2) is 13.6 Å². The molecule has 2 aromatic rings. The summed E-state index contributed by atoms with van der Waals surface area (Å²) in [7, 11) is -3.81. The van der Waals surface area contributed by atoms with Gasteiger partial charge in [0.1, 0.15) is 4.90 Å². The van der Waals surface area contributed by atoms with Crippen LogP contribution in [-0.4, -0.2) is 15.0 Å². The lowest BCUT2D eigenvalue weighted by Gasteiger charge is -2.08. The fourth-order valence-electron chi connectivity index (χ4n) is 2.03. The molecule has 0 aliphatic heterocycles. The lowest BCUT2D eigenvalue weighted by Crippen LogP contribution is -2.18. The number of nitrogens with two attached hydrogens (primary N) is 1. The summed E-state index contributed by atoms with van der Waals surface area (Å²) in [6, 6.07) is 12.5. The van der Waals surface area contributed by atoms with E-state index < -0.39 is 10.0 Å². The molecule has 0 bridgehead atoms. The third-order valence-corrected chi connectivity index (χ3v) is 4.74. The normalized spacial score (nSPS) is 11.6. The molecule has 22 heavy (non-hydrogen) atoms. The van der Waals surface area contributed by atoms with E-state index in [0.29, 0.717) is 11.6 Å². The van der Waals surface area contributed by atoms with Crippen molar-refractivity contribution in [3.05, 3.63) is 63.6 Å². The number of hydrogen-bond donors (Lipinski definition) is 2. The Labute approximate surface area is 140 Å². The van der Waals surface area contributed by atoms with Gasteiger partial charge in [-0.05, 0) is 48.4 Å². The van der Waals surface area contributed by atoms with Gasteiger partial charge in [0.15, 0.2) is 0 Å². The van der Waals surface area contributed by atoms with Crippen molar-refractivity contribution in [3.63, 3.8) is 0 Å². The Morgan fingerprint density at radius 3 is 2.50 bits per heavy atom. The van der Waals surface area contributed by atoms with Crippen molar-refractivity contribution in [2.75, 3.05) is 6.54 Å². The summed E-state index contributed by atoms with van der Waals surface area (Å²) >= 11 is 11.8. The highest BCUT2D eigenvalue weighted by atomic mass is 35.5. The van der Waals surface area contributed by atoms with Crippen LogP contribution in [0.1, 0.15) is 11.1 Å². The van der Waals surface area contributed by atoms with Crippen molar-refractivity contribution in [3.8, 4) is 0 Å². The van der Waals surface area contributed by atoms with Crippen LogP contribution in [0.5, 0.6) is 0 Å². The molecule has 2 aromatic carbocycles. The molecule has 2 rings (SSSR count). The van der Waals surface area contributed by atoms with Crippen LogP contribution >= 0.6 is 23.2 Å². The lowest BCUT2D eigenvalue weighted by atomic mass is 10.1. The van der Waals surface area contributed by atoms with Crippen molar-refractivity contribution in [1.29, 1.82) is 0 Å². The maximum Gasteiger partial charge on any atom is 0.239 e. The van der Waals surface area contributed by atoms with E-state index in [0.717, 1.165) is 24.1 Å². The molecule has 0 aromatic heterocycles. The minimum atomic E-state index is -3.81. The molecule has 0 heterocycles. The van der Waals surface area contributed by atoms with Gasteiger partial charge in [0.05, 0.1) is 5.02 Å². The number of primary sulfonamides is 1. The van der Waals surface area contributed by atoms with E-state index in [-0.39, 0.29) is 9.92 Å². The number of halogens is 2. The predicted octanol–water partition coefficient (Wildman–Crippen LogP) is 2.97. The van der Waals surface area contributed by atoms with Gasteiger partial charge in [0.25, 0.3) is 0 Å². The first kappa shape index (κ1) is 17.2. The summed E-state index contributed by atoms with van der Waals surface area (Å²) < 4.78 is 22.8. The second kappa shape index (κ2) is 7.44. The number of benzene rings is 2. The van der Waals surface area contributed by atoms with Crippen molar-refractivity contribution in [2.45, 2.75) is 17.9 Å². The van der Waals surface area contributed by atoms with Gasteiger partial charge in [0, 0.05) is 11.6 Å². The maximum atomic E-state index is 11.4. The zero-order valence-electron chi connectivity index (χ0n) is 11.7. The van der Waals surface area contributed by atoms with Crippen LogP contribution in [-0.2, 0) is 23.0 Å². The van der Waals surface area contributed by atoms with Gasteiger partial charge >= 0.3 is 0 Å². The Morgan fingerprint density at radius 1 is 1.05 bits per heavy atom. The molecule has 0 atom stereocenters. The Kier molecular flexibility index (Phi) is 5.83. The molecule has 0 amide bonds. The average molecular weight is 359 g/mol. The topological polar surface area (TPSA) is 72.2 Å². The molecule has 0 spiro atoms. The largest absolute Gasteiger partial charge is 0.312 e. The van der Waals surface area contributed by atoms with Gasteiger partial charge in [-0.3, -0.25) is 0 Å². The minimum Gasteiger partial charge on any atom is -0.312 e. The first-order chi connectivity index (χ1) is 10.4. The average Bonchev–Trinajstić information content (AvgIpc) is 2.44. The zero-order chi connectivity index (χ0) is 16.2. The molecule has 0 radical (unpaired) electrons. The highest BCUT2D eigenvalue weighted by molar-refractivity contribution is 7.89. The molecule has 0 aliphatic carbocycles. The summed E-state index contributed by atoms with van der Waals surface area (Å²) in [5.41, 5.74) is 1.95. The lowest BCUT2D eigenvalue weighted by molar-refractivity contribution is 0.597. The standard InChI is InChI=1S/C15H16Cl2N2O2S/c16-13-3-1-2-11(8-13)6-7-19-10-12-4-5-14(17)15(9-12)22(18,20)21/h1-5,8-9,19H,6-7,10H2,(H2,18,20,21). The van der Waals surface area contributed by atoms with Crippen LogP contribution in [0.4, 0.5) is 0 Å². The molecule has 0 fully saturated rings. The first-order valence-electron chi connectivity index (χ1n) is 6.62. The number of nitrogens with one attached hydrogen (secondary N) is 1. The van der Waals surface area contributed by atoms with Crippen LogP contribution in [0.3, 0.4) is 0 Å². The Morgan fingerprint density at radius 2 is 1.82 bits per heavy atom. The van der Waals surface area contributed by atoms with Crippen LogP contribution < -0.4 is 10.5 Å². The SMILES string of the molecule is NS(=O)(=O)c1cc(CNCCc2cccc(Cl)c2)ccc1Cl. The second-order valence-corrected chi connectivity index (χ2v) is 7.24. The Hall–Kier alpha value is -1.11. The molecular weight excluding hydrogens is 343 g/mol. The molecule has 0 unspecified atom stereocenters. The smallest absolute Gasteiger partial charge is 0.239 e. The number of hydrogen-bond acceptors (Lipinski definition) is 3. The zero-order valence-corrected chi connectivity index (χ0v) is 14.0. The Bertz CT molecular complexity index is 764. The van der Waals surface area contributed by atoms with Crippen LogP contribution in [0.2, 0.25) is 10.0 Å². The number of sulfonamides is 1. The van der Waals surface area contributed by atoms with Crippen LogP contribution in [0.25, 0.3) is 0 Å². The predicted molar refractivity (Wildman–Crippen MR) is 89.7 cm³/mol. The van der Waals surface area contributed by atoms with Gasteiger partial charge in [-0.1, -0.05) is 41.4 Å². The van der Waals surface area contributed by atoms with Gasteiger partial charge in [0.2, 0.25) is 10.0 Å². The van der Waals surface area contributed by atoms with Crippen molar-refractivity contribution >= 4 is 33.2 Å². The molecular formula is C15H16Cl2N2O2S. The summed E-state index contributed by atoms with van der Waals surface area (Å²) in [4.78, 5) is -0.0525. The molecule has 4 nitrogen and oxygen atoms in total. The van der Waals surface area contributed by atoms with E-state index in [1.807, 2.05) is 24.3 Å². The van der Waals surface area contributed by atoms with E-state index in [9.17, 15) is 8.42 Å². The van der Waals surface area contributed by atoms with Crippen molar-refractivity contribution in [2.24, 2.45) is 5.14 Å². The molecule has 3 N–H and O–H groups in total. The summed E-state index contributed by atoms with van der Waals surface area (Å²) in [6.07, 6.45) is 0.830. The van der Waals surface area contributed by atoms with Crippen molar-refractivity contribution < 1.29 is 8.42 Å². The molecule has 0 saturated heterocycles. The molecule has 0 saturated carbocycles. The van der Waals surface area contributed by atoms with E-state index in [4.69, 9.17) is 28.3 Å². The van der Waals surface area contributed by atoms with Gasteiger partial charge in [-0.15, -0.1) is 0 Å². The van der Waals surface area contributed by atoms with Gasteiger partial charge < -0.3 is 5.32 Å². The van der Waals surface area contributed by atoms with Crippen LogP contribution in [0.15, 0.2) is 47.4 Å². The van der Waals surface area contributed by atoms with E-state index in [2.05, 4.69) is 5.32 Å². The fraction of sp³-hybridized carbons (Fsp3) is 0.200. The molecule has 0 aliphatic rings. The fourth-order valence-corrected chi connectivity index (χ4v) is 3.34. The van der Waals surface area contributed by atoms with Crippen molar-refractivity contribution in [1.82, 2.24) is 5.32 Å². The molecule has 7 heteroatoms. The summed E-state index contributed by atoms with van der Waals surface area (Å²) in [5.74, 6) is 0. The second-order valence-electron chi connectivity index (χ2n) is 4.87. The quantitative estimate of drug-likeness (QED) is 0.779. The van der Waals surface area contributed by atoms with Crippen LogP contribution in [0, 0.1) is 0 Å². The number of rotatable bonds is 6. The first-order valence-corrected chi connectivity index (χ1v) is 8.93.